The molecule has 0 aromatic heterocycles. The van der Waals surface area contributed by atoms with E-state index in [0.29, 0.717) is 24.3 Å². The third-order valence-corrected chi connectivity index (χ3v) is 6.54. The van der Waals surface area contributed by atoms with Crippen LogP contribution >= 0.6 is 12.2 Å². The number of carbonyl (C=O) groups excluding carboxylic acids is 1. The Morgan fingerprint density at radius 2 is 1.91 bits per heavy atom. The molecule has 10 heteroatoms. The van der Waals surface area contributed by atoms with Crippen molar-refractivity contribution in [3.8, 4) is 11.8 Å². The largest absolute Gasteiger partial charge is 0.487 e. The number of hydrogen-bond donors (Lipinski definition) is 1. The molecule has 0 saturated carbocycles. The Bertz CT molecular complexity index is 1220. The molecule has 34 heavy (non-hydrogen) atoms. The van der Waals surface area contributed by atoms with E-state index in [2.05, 4.69) is 0 Å². The van der Waals surface area contributed by atoms with Gasteiger partial charge in [-0.25, -0.2) is 0 Å². The van der Waals surface area contributed by atoms with Gasteiger partial charge in [-0.2, -0.15) is 18.4 Å². The summed E-state index contributed by atoms with van der Waals surface area (Å²) in [5.74, 6) is 0.146. The van der Waals surface area contributed by atoms with Crippen LogP contribution in [0.5, 0.6) is 5.75 Å². The zero-order chi connectivity index (χ0) is 25.0. The molecule has 2 unspecified atom stereocenters. The summed E-state index contributed by atoms with van der Waals surface area (Å²) in [6.45, 7) is 4.97. The first-order valence-corrected chi connectivity index (χ1v) is 11.0. The number of aliphatic hydroxyl groups excluding tert-OH is 1. The maximum absolute atomic E-state index is 13.5. The van der Waals surface area contributed by atoms with Crippen LogP contribution in [0.15, 0.2) is 36.4 Å². The maximum Gasteiger partial charge on any atom is 0.417 e. The predicted octanol–water partition coefficient (Wildman–Crippen LogP) is 4.57. The topological polar surface area (TPSA) is 76.8 Å². The molecule has 0 radical (unpaired) electrons. The van der Waals surface area contributed by atoms with Gasteiger partial charge in [0.15, 0.2) is 5.11 Å². The predicted molar refractivity (Wildman–Crippen MR) is 124 cm³/mol. The molecule has 0 aliphatic carbocycles. The number of carbonyl (C=O) groups is 1. The van der Waals surface area contributed by atoms with E-state index < -0.39 is 34.9 Å². The van der Waals surface area contributed by atoms with Crippen LogP contribution in [0.1, 0.15) is 43.9 Å². The van der Waals surface area contributed by atoms with Gasteiger partial charge in [-0.15, -0.1) is 0 Å². The molecule has 6 nitrogen and oxygen atoms in total. The fourth-order valence-corrected chi connectivity index (χ4v) is 4.86. The van der Waals surface area contributed by atoms with Crippen molar-refractivity contribution >= 4 is 34.6 Å². The first-order valence-electron chi connectivity index (χ1n) is 10.6. The van der Waals surface area contributed by atoms with Crippen molar-refractivity contribution in [1.82, 2.24) is 0 Å². The van der Waals surface area contributed by atoms with Gasteiger partial charge in [0.2, 0.25) is 0 Å². The number of rotatable bonds is 3. The molecule has 178 valence electrons. The van der Waals surface area contributed by atoms with Gasteiger partial charge in [0.25, 0.3) is 5.91 Å². The molecule has 2 heterocycles. The Labute approximate surface area is 200 Å². The van der Waals surface area contributed by atoms with Gasteiger partial charge in [-0.05, 0) is 87.8 Å². The summed E-state index contributed by atoms with van der Waals surface area (Å²) in [5.41, 5.74) is -1.40. The van der Waals surface area contributed by atoms with E-state index in [1.165, 1.54) is 12.1 Å². The van der Waals surface area contributed by atoms with Crippen LogP contribution in [0.25, 0.3) is 0 Å². The minimum absolute atomic E-state index is 0.0337. The molecule has 1 fully saturated rings. The number of ether oxygens (including phenoxy) is 1. The fraction of sp³-hybridized carbons (Fsp3) is 0.375. The number of nitrogens with zero attached hydrogens (tertiary/aromatic N) is 3. The van der Waals surface area contributed by atoms with Gasteiger partial charge in [-0.3, -0.25) is 9.69 Å². The summed E-state index contributed by atoms with van der Waals surface area (Å²) < 4.78 is 46.4. The third-order valence-electron chi connectivity index (χ3n) is 6.17. The monoisotopic (exact) mass is 489 g/mol. The number of nitriles is 1. The van der Waals surface area contributed by atoms with E-state index in [1.807, 2.05) is 6.07 Å². The summed E-state index contributed by atoms with van der Waals surface area (Å²) in [5, 5.41) is 18.9. The van der Waals surface area contributed by atoms with Crippen molar-refractivity contribution in [2.75, 3.05) is 9.80 Å². The van der Waals surface area contributed by atoms with Gasteiger partial charge < -0.3 is 14.7 Å². The van der Waals surface area contributed by atoms with E-state index in [4.69, 9.17) is 22.2 Å². The van der Waals surface area contributed by atoms with Crippen molar-refractivity contribution < 1.29 is 27.8 Å². The van der Waals surface area contributed by atoms with E-state index in [1.54, 1.807) is 37.8 Å². The molecule has 1 amide bonds. The van der Waals surface area contributed by atoms with Gasteiger partial charge in [0.1, 0.15) is 17.4 Å². The Hall–Kier alpha value is -3.16. The number of aliphatic hydroxyl groups is 1. The van der Waals surface area contributed by atoms with Crippen LogP contribution in [-0.2, 0) is 17.4 Å². The van der Waals surface area contributed by atoms with E-state index in [0.717, 1.165) is 22.6 Å². The quantitative estimate of drug-likeness (QED) is 0.637. The van der Waals surface area contributed by atoms with Crippen molar-refractivity contribution in [1.29, 1.82) is 5.26 Å². The molecule has 2 aromatic carbocycles. The first kappa shape index (κ1) is 24.0. The Kier molecular flexibility index (Phi) is 5.82. The van der Waals surface area contributed by atoms with Crippen LogP contribution in [-0.4, -0.2) is 33.9 Å². The van der Waals surface area contributed by atoms with Crippen molar-refractivity contribution in [2.45, 2.75) is 57.5 Å². The molecule has 4 rings (SSSR count). The molecular weight excluding hydrogens is 467 g/mol. The lowest BCUT2D eigenvalue weighted by molar-refractivity contribution is -0.137. The molecule has 0 bridgehead atoms. The number of alkyl halides is 3. The molecule has 2 aliphatic heterocycles. The second-order valence-electron chi connectivity index (χ2n) is 8.88. The molecule has 1 N–H and O–H groups in total. The highest BCUT2D eigenvalue weighted by Gasteiger charge is 2.51. The maximum atomic E-state index is 13.5. The average Bonchev–Trinajstić information content (AvgIpc) is 2.95. The summed E-state index contributed by atoms with van der Waals surface area (Å²) in [6.07, 6.45) is -4.40. The van der Waals surface area contributed by atoms with E-state index >= 15 is 0 Å². The number of benzene rings is 2. The molecule has 1 saturated heterocycles. The Balaban J connectivity index is 1.73. The van der Waals surface area contributed by atoms with Crippen molar-refractivity contribution in [3.05, 3.63) is 53.1 Å². The standard InChI is InChI=1S/C24H22F3N3O3S/c1-13(31)19-8-5-14-10-17(7-9-20(14)33-19)30-22(34)29(21(32)23(30,2)3)16-6-4-15(12-28)18(11-16)24(25,26)27/h4,6-7,9-11,13,19,31H,5,8H2,1-3H3. The van der Waals surface area contributed by atoms with Crippen LogP contribution in [0, 0.1) is 11.3 Å². The van der Waals surface area contributed by atoms with Crippen molar-refractivity contribution in [2.24, 2.45) is 0 Å². The van der Waals surface area contributed by atoms with Gasteiger partial charge in [0, 0.05) is 5.69 Å². The molecular formula is C24H22F3N3O3S. The highest BCUT2D eigenvalue weighted by molar-refractivity contribution is 7.81. The van der Waals surface area contributed by atoms with Crippen LogP contribution in [0.2, 0.25) is 0 Å². The minimum atomic E-state index is -4.76. The number of amides is 1. The average molecular weight is 490 g/mol. The molecule has 0 spiro atoms. The summed E-state index contributed by atoms with van der Waals surface area (Å²) in [7, 11) is 0. The zero-order valence-corrected chi connectivity index (χ0v) is 19.5. The van der Waals surface area contributed by atoms with Crippen LogP contribution < -0.4 is 14.5 Å². The van der Waals surface area contributed by atoms with Gasteiger partial charge in [0.05, 0.1) is 29.0 Å². The number of halogens is 3. The Morgan fingerprint density at radius 1 is 1.24 bits per heavy atom. The number of hydrogen-bond acceptors (Lipinski definition) is 5. The number of thiocarbonyl (C=S) groups is 1. The number of anilines is 2. The smallest absolute Gasteiger partial charge is 0.417 e. The molecule has 2 atom stereocenters. The first-order chi connectivity index (χ1) is 15.9. The van der Waals surface area contributed by atoms with E-state index in [-0.39, 0.29) is 16.9 Å². The summed E-state index contributed by atoms with van der Waals surface area (Å²) >= 11 is 5.58. The van der Waals surface area contributed by atoms with Crippen LogP contribution in [0.4, 0.5) is 24.5 Å². The van der Waals surface area contributed by atoms with Crippen LogP contribution in [0.3, 0.4) is 0 Å². The molecule has 2 aliphatic rings. The normalized spacial score (nSPS) is 20.6. The highest BCUT2D eigenvalue weighted by Crippen LogP contribution is 2.41. The second kappa shape index (κ2) is 8.25. The van der Waals surface area contributed by atoms with E-state index in [9.17, 15) is 23.1 Å². The zero-order valence-electron chi connectivity index (χ0n) is 18.7. The minimum Gasteiger partial charge on any atom is -0.487 e. The number of fused-ring (bicyclic) bond motifs is 1. The lowest BCUT2D eigenvalue weighted by Gasteiger charge is -2.32. The highest BCUT2D eigenvalue weighted by atomic mass is 32.1. The molecule has 2 aromatic rings. The van der Waals surface area contributed by atoms with Gasteiger partial charge in [-0.1, -0.05) is 0 Å². The SMILES string of the molecule is CC(O)C1CCc2cc(N3C(=S)N(c4ccc(C#N)c(C(F)(F)F)c4)C(=O)C3(C)C)ccc2O1. The number of aryl methyl sites for hydroxylation is 1. The third kappa shape index (κ3) is 3.89. The van der Waals surface area contributed by atoms with Crippen molar-refractivity contribution in [3.63, 3.8) is 0 Å². The summed E-state index contributed by atoms with van der Waals surface area (Å²) in [4.78, 5) is 16.0. The lowest BCUT2D eigenvalue weighted by Crippen LogP contribution is -2.44. The lowest BCUT2D eigenvalue weighted by atomic mass is 9.97. The second-order valence-corrected chi connectivity index (χ2v) is 9.25. The van der Waals surface area contributed by atoms with Gasteiger partial charge >= 0.3 is 6.18 Å². The summed E-state index contributed by atoms with van der Waals surface area (Å²) in [6, 6.07) is 9.96. The Morgan fingerprint density at radius 3 is 2.53 bits per heavy atom. The fourth-order valence-electron chi connectivity index (χ4n) is 4.33.